The maximum atomic E-state index is 8.83. The smallest absolute Gasteiger partial charge is 0.182 e. The highest BCUT2D eigenvalue weighted by Gasteiger charge is 2.07. The molecule has 8 rings (SSSR count). The molecule has 17 nitrogen and oxygen atoms in total. The number of nitrogens with one attached hydrogen (secondary N) is 6. The second kappa shape index (κ2) is 20.1. The Hall–Kier alpha value is -6.75. The predicted octanol–water partition coefficient (Wildman–Crippen LogP) is 6.13. The average molecular weight is 708 g/mol. The van der Waals surface area contributed by atoms with E-state index >= 15 is 0 Å². The van der Waals surface area contributed by atoms with Gasteiger partial charge >= 0.3 is 0 Å². The molecule has 0 atom stereocenters. The SMILES string of the molecule is C.C.C.C/C(=C\CNc1ncnc2nc[nH]c12)CO.c1ccc(CNc2ncnc3nc[nH]c23)cc1.c1coc(CNc2ncnc3nc[nH]c23)c1. The van der Waals surface area contributed by atoms with Crippen molar-refractivity contribution in [2.45, 2.75) is 42.3 Å². The molecule has 7 aromatic heterocycles. The molecule has 0 saturated heterocycles. The number of H-pyrrole nitrogens is 3. The van der Waals surface area contributed by atoms with E-state index in [1.54, 1.807) is 25.2 Å². The number of benzene rings is 1. The van der Waals surface area contributed by atoms with Crippen molar-refractivity contribution in [1.29, 1.82) is 0 Å². The van der Waals surface area contributed by atoms with E-state index in [-0.39, 0.29) is 28.9 Å². The van der Waals surface area contributed by atoms with Gasteiger partial charge in [-0.25, -0.2) is 44.9 Å². The second-order valence-electron chi connectivity index (χ2n) is 10.3. The van der Waals surface area contributed by atoms with Gasteiger partial charge in [0.05, 0.1) is 38.4 Å². The molecule has 0 amide bonds. The number of aromatic amines is 3. The lowest BCUT2D eigenvalue weighted by Gasteiger charge is -2.05. The van der Waals surface area contributed by atoms with Crippen molar-refractivity contribution in [3.05, 3.63) is 110 Å². The summed E-state index contributed by atoms with van der Waals surface area (Å²) in [5.74, 6) is 3.06. The first-order chi connectivity index (χ1) is 24.2. The van der Waals surface area contributed by atoms with Gasteiger partial charge in [0.1, 0.15) is 41.3 Å². The van der Waals surface area contributed by atoms with E-state index in [0.717, 1.165) is 46.1 Å². The number of furan rings is 1. The Morgan fingerprint density at radius 3 is 1.62 bits per heavy atom. The van der Waals surface area contributed by atoms with Gasteiger partial charge < -0.3 is 40.4 Å². The van der Waals surface area contributed by atoms with Crippen LogP contribution in [-0.2, 0) is 13.1 Å². The van der Waals surface area contributed by atoms with Crippen molar-refractivity contribution in [3.63, 3.8) is 0 Å². The topological polar surface area (TPSA) is 233 Å². The zero-order chi connectivity index (χ0) is 33.7. The van der Waals surface area contributed by atoms with Crippen molar-refractivity contribution in [2.24, 2.45) is 0 Å². The lowest BCUT2D eigenvalue weighted by atomic mass is 10.2. The molecule has 0 saturated carbocycles. The third-order valence-corrected chi connectivity index (χ3v) is 6.95. The minimum Gasteiger partial charge on any atom is -0.467 e. The Kier molecular flexibility index (Phi) is 15.3. The van der Waals surface area contributed by atoms with Crippen LogP contribution in [0.4, 0.5) is 17.5 Å². The first kappa shape index (κ1) is 39.7. The van der Waals surface area contributed by atoms with Gasteiger partial charge in [0.15, 0.2) is 34.4 Å². The number of hydrogen-bond donors (Lipinski definition) is 7. The van der Waals surface area contributed by atoms with Crippen LogP contribution in [0.2, 0.25) is 0 Å². The van der Waals surface area contributed by atoms with Gasteiger partial charge in [-0.15, -0.1) is 0 Å². The van der Waals surface area contributed by atoms with Crippen molar-refractivity contribution >= 4 is 50.9 Å². The summed E-state index contributed by atoms with van der Waals surface area (Å²) >= 11 is 0. The summed E-state index contributed by atoms with van der Waals surface area (Å²) in [6.45, 7) is 3.86. The monoisotopic (exact) mass is 707 g/mol. The highest BCUT2D eigenvalue weighted by Crippen LogP contribution is 2.17. The number of aromatic nitrogens is 12. The van der Waals surface area contributed by atoms with Gasteiger partial charge in [0, 0.05) is 13.1 Å². The molecule has 0 spiro atoms. The molecule has 0 aliphatic heterocycles. The molecule has 0 fully saturated rings. The first-order valence-electron chi connectivity index (χ1n) is 15.1. The Morgan fingerprint density at radius 1 is 0.635 bits per heavy atom. The Balaban J connectivity index is 0.000000205. The third kappa shape index (κ3) is 10.4. The molecule has 0 bridgehead atoms. The number of nitrogens with zero attached hydrogens (tertiary/aromatic N) is 9. The molecule has 0 aliphatic carbocycles. The predicted molar refractivity (Wildman–Crippen MR) is 204 cm³/mol. The molecule has 1 aromatic carbocycles. The van der Waals surface area contributed by atoms with E-state index in [2.05, 4.69) is 87.9 Å². The minimum atomic E-state index is 0. The van der Waals surface area contributed by atoms with Gasteiger partial charge in [0.2, 0.25) is 0 Å². The highest BCUT2D eigenvalue weighted by molar-refractivity contribution is 5.83. The molecule has 8 aromatic rings. The van der Waals surface area contributed by atoms with Gasteiger partial charge in [-0.3, -0.25) is 0 Å². The zero-order valence-corrected chi connectivity index (χ0v) is 26.4. The summed E-state index contributed by atoms with van der Waals surface area (Å²) in [5, 5.41) is 18.4. The van der Waals surface area contributed by atoms with E-state index < -0.39 is 0 Å². The van der Waals surface area contributed by atoms with E-state index in [4.69, 9.17) is 9.52 Å². The number of aliphatic hydroxyl groups excluding tert-OH is 1. The molecule has 17 heteroatoms. The van der Waals surface area contributed by atoms with Gasteiger partial charge in [-0.2, -0.15) is 0 Å². The maximum Gasteiger partial charge on any atom is 0.182 e. The summed E-state index contributed by atoms with van der Waals surface area (Å²) in [4.78, 5) is 45.7. The summed E-state index contributed by atoms with van der Waals surface area (Å²) in [6, 6.07) is 13.9. The first-order valence-corrected chi connectivity index (χ1v) is 15.1. The van der Waals surface area contributed by atoms with Crippen LogP contribution in [-0.4, -0.2) is 78.1 Å². The van der Waals surface area contributed by atoms with Crippen LogP contribution in [0.5, 0.6) is 0 Å². The highest BCUT2D eigenvalue weighted by atomic mass is 16.3. The number of aliphatic hydroxyl groups is 1. The van der Waals surface area contributed by atoms with E-state index in [1.165, 1.54) is 24.5 Å². The van der Waals surface area contributed by atoms with Crippen LogP contribution >= 0.6 is 0 Å². The Bertz CT molecular complexity index is 2210. The van der Waals surface area contributed by atoms with Crippen LogP contribution in [0.25, 0.3) is 33.5 Å². The second-order valence-corrected chi connectivity index (χ2v) is 10.3. The average Bonchev–Trinajstić information content (AvgIpc) is 3.98. The molecule has 0 aliphatic rings. The van der Waals surface area contributed by atoms with Crippen LogP contribution in [0.1, 0.15) is 40.5 Å². The van der Waals surface area contributed by atoms with Crippen molar-refractivity contribution in [2.75, 3.05) is 29.1 Å². The largest absolute Gasteiger partial charge is 0.467 e. The molecular formula is C35H45N15O2. The fourth-order valence-corrected chi connectivity index (χ4v) is 4.45. The number of hydrogen-bond acceptors (Lipinski definition) is 14. The molecule has 0 radical (unpaired) electrons. The van der Waals surface area contributed by atoms with Gasteiger partial charge in [-0.05, 0) is 24.6 Å². The molecule has 52 heavy (non-hydrogen) atoms. The summed E-state index contributed by atoms with van der Waals surface area (Å²) < 4.78 is 5.22. The van der Waals surface area contributed by atoms with E-state index in [1.807, 2.05) is 43.3 Å². The number of anilines is 3. The fourth-order valence-electron chi connectivity index (χ4n) is 4.45. The van der Waals surface area contributed by atoms with Crippen molar-refractivity contribution < 1.29 is 9.52 Å². The summed E-state index contributed by atoms with van der Waals surface area (Å²) in [6.07, 6.45) is 12.8. The normalized spacial score (nSPS) is 10.5. The number of imidazole rings is 3. The van der Waals surface area contributed by atoms with Gasteiger partial charge in [-0.1, -0.05) is 64.3 Å². The van der Waals surface area contributed by atoms with Crippen LogP contribution < -0.4 is 16.0 Å². The standard InChI is InChI=1S/C12H11N5.C10H9N5O.C10H13N5O.3CH4/c1-2-4-9(5-3-1)6-13-11-10-12(15-7-14-10)17-8-16-11;1-2-7(16-3-1)4-11-9-8-10(13-5-12-8)15-6-14-9;1-7(4-16)2-3-11-9-8-10(13-5-12-8)15-6-14-9;;;/h1-5,7-8H,6H2,(H2,13,14,15,16,17);1-3,5-6H,4H2,(H2,11,12,13,14,15);2,5-6,16H,3-4H2,1H3,(H2,11,12,13,14,15);3*1H4/b;;7-2+;;;. The van der Waals surface area contributed by atoms with Crippen LogP contribution in [0, 0.1) is 0 Å². The number of fused-ring (bicyclic) bond motifs is 3. The van der Waals surface area contributed by atoms with Crippen LogP contribution in [0.3, 0.4) is 0 Å². The van der Waals surface area contributed by atoms with Crippen molar-refractivity contribution in [1.82, 2.24) is 59.8 Å². The van der Waals surface area contributed by atoms with E-state index in [9.17, 15) is 0 Å². The third-order valence-electron chi connectivity index (χ3n) is 6.95. The summed E-state index contributed by atoms with van der Waals surface area (Å²) in [5.41, 5.74) is 6.52. The molecular weight excluding hydrogens is 662 g/mol. The number of rotatable bonds is 10. The molecule has 0 unspecified atom stereocenters. The minimum absolute atomic E-state index is 0. The lowest BCUT2D eigenvalue weighted by molar-refractivity contribution is 0.331. The zero-order valence-electron chi connectivity index (χ0n) is 26.4. The Labute approximate surface area is 301 Å². The van der Waals surface area contributed by atoms with E-state index in [0.29, 0.717) is 35.8 Å². The molecule has 7 heterocycles. The van der Waals surface area contributed by atoms with Crippen LogP contribution in [0.15, 0.2) is 103 Å². The molecule has 272 valence electrons. The Morgan fingerprint density at radius 2 is 1.13 bits per heavy atom. The maximum absolute atomic E-state index is 8.83. The quantitative estimate of drug-likeness (QED) is 0.0792. The lowest BCUT2D eigenvalue weighted by Crippen LogP contribution is -2.03. The fraction of sp³-hybridized carbons (Fsp3) is 0.229. The molecule has 7 N–H and O–H groups in total. The van der Waals surface area contributed by atoms with Crippen molar-refractivity contribution in [3.8, 4) is 0 Å². The van der Waals surface area contributed by atoms with Gasteiger partial charge in [0.25, 0.3) is 0 Å². The summed E-state index contributed by atoms with van der Waals surface area (Å²) in [7, 11) is 0.